The Morgan fingerprint density at radius 3 is 2.79 bits per heavy atom. The summed E-state index contributed by atoms with van der Waals surface area (Å²) in [4.78, 5) is 11.4. The smallest absolute Gasteiger partial charge is 0.253 e. The number of thiocarbonyl (C=S) groups is 1. The van der Waals surface area contributed by atoms with Crippen molar-refractivity contribution in [2.75, 3.05) is 0 Å². The standard InChI is InChI=1S/C9H7ClN2OS/c10-6-3-1-2-5(4-6)7-8(13)12-9(14)11-7/h1-4,7H,(H2,11,12,13,14). The van der Waals surface area contributed by atoms with Crippen LogP contribution in [-0.4, -0.2) is 11.0 Å². The molecule has 0 saturated carbocycles. The van der Waals surface area contributed by atoms with Gasteiger partial charge in [-0.25, -0.2) is 0 Å². The fourth-order valence-electron chi connectivity index (χ4n) is 1.34. The fraction of sp³-hybridized carbons (Fsp3) is 0.111. The summed E-state index contributed by atoms with van der Waals surface area (Å²) in [6.45, 7) is 0. The van der Waals surface area contributed by atoms with Gasteiger partial charge in [-0.05, 0) is 29.9 Å². The molecule has 0 aliphatic carbocycles. The Morgan fingerprint density at radius 2 is 2.21 bits per heavy atom. The summed E-state index contributed by atoms with van der Waals surface area (Å²) in [5.41, 5.74) is 0.815. The Labute approximate surface area is 91.4 Å². The minimum Gasteiger partial charge on any atom is -0.347 e. The molecule has 1 heterocycles. The van der Waals surface area contributed by atoms with E-state index in [1.807, 2.05) is 6.07 Å². The molecule has 0 aromatic heterocycles. The van der Waals surface area contributed by atoms with Gasteiger partial charge in [-0.3, -0.25) is 4.79 Å². The summed E-state index contributed by atoms with van der Waals surface area (Å²) >= 11 is 10.6. The van der Waals surface area contributed by atoms with E-state index in [0.29, 0.717) is 10.1 Å². The van der Waals surface area contributed by atoms with Gasteiger partial charge >= 0.3 is 0 Å². The third kappa shape index (κ3) is 1.71. The monoisotopic (exact) mass is 226 g/mol. The lowest BCUT2D eigenvalue weighted by Crippen LogP contribution is -2.21. The molecule has 14 heavy (non-hydrogen) atoms. The van der Waals surface area contributed by atoms with Gasteiger partial charge in [0.1, 0.15) is 6.04 Å². The Balaban J connectivity index is 2.31. The zero-order chi connectivity index (χ0) is 10.1. The zero-order valence-corrected chi connectivity index (χ0v) is 8.65. The largest absolute Gasteiger partial charge is 0.347 e. The Kier molecular flexibility index (Phi) is 2.39. The van der Waals surface area contributed by atoms with Gasteiger partial charge in [0, 0.05) is 5.02 Å². The van der Waals surface area contributed by atoms with Crippen molar-refractivity contribution in [3.05, 3.63) is 34.9 Å². The van der Waals surface area contributed by atoms with Crippen molar-refractivity contribution in [3.8, 4) is 0 Å². The van der Waals surface area contributed by atoms with E-state index in [1.54, 1.807) is 18.2 Å². The zero-order valence-electron chi connectivity index (χ0n) is 7.08. The van der Waals surface area contributed by atoms with Crippen LogP contribution in [0.1, 0.15) is 11.6 Å². The van der Waals surface area contributed by atoms with Gasteiger partial charge in [-0.2, -0.15) is 0 Å². The summed E-state index contributed by atoms with van der Waals surface area (Å²) in [6.07, 6.45) is 0. The van der Waals surface area contributed by atoms with Crippen LogP contribution in [0.25, 0.3) is 0 Å². The van der Waals surface area contributed by atoms with E-state index in [0.717, 1.165) is 5.56 Å². The van der Waals surface area contributed by atoms with Gasteiger partial charge in [0.25, 0.3) is 5.91 Å². The van der Waals surface area contributed by atoms with Crippen LogP contribution in [-0.2, 0) is 4.79 Å². The lowest BCUT2D eigenvalue weighted by atomic mass is 10.1. The highest BCUT2D eigenvalue weighted by atomic mass is 35.5. The number of amides is 1. The predicted octanol–water partition coefficient (Wildman–Crippen LogP) is 1.39. The molecule has 1 fully saturated rings. The van der Waals surface area contributed by atoms with Crippen LogP contribution in [0.3, 0.4) is 0 Å². The van der Waals surface area contributed by atoms with Gasteiger partial charge in [-0.1, -0.05) is 23.7 Å². The molecular weight excluding hydrogens is 220 g/mol. The Morgan fingerprint density at radius 1 is 1.43 bits per heavy atom. The maximum absolute atomic E-state index is 11.4. The summed E-state index contributed by atoms with van der Waals surface area (Å²) < 4.78 is 0. The molecule has 3 nitrogen and oxygen atoms in total. The maximum Gasteiger partial charge on any atom is 0.253 e. The molecule has 1 aromatic carbocycles. The second-order valence-electron chi connectivity index (χ2n) is 2.95. The summed E-state index contributed by atoms with van der Waals surface area (Å²) in [7, 11) is 0. The van der Waals surface area contributed by atoms with Gasteiger partial charge in [-0.15, -0.1) is 0 Å². The number of carbonyl (C=O) groups excluding carboxylic acids is 1. The average molecular weight is 227 g/mol. The number of benzene rings is 1. The molecule has 1 saturated heterocycles. The number of hydrogen-bond acceptors (Lipinski definition) is 2. The summed E-state index contributed by atoms with van der Waals surface area (Å²) in [5, 5.41) is 6.35. The van der Waals surface area contributed by atoms with Crippen molar-refractivity contribution in [2.45, 2.75) is 6.04 Å². The van der Waals surface area contributed by atoms with E-state index in [9.17, 15) is 4.79 Å². The number of halogens is 1. The minimum absolute atomic E-state index is 0.141. The van der Waals surface area contributed by atoms with Crippen molar-refractivity contribution in [1.29, 1.82) is 0 Å². The van der Waals surface area contributed by atoms with Crippen LogP contribution < -0.4 is 10.6 Å². The quantitative estimate of drug-likeness (QED) is 0.711. The van der Waals surface area contributed by atoms with E-state index in [4.69, 9.17) is 23.8 Å². The van der Waals surface area contributed by atoms with Gasteiger partial charge in [0.05, 0.1) is 0 Å². The predicted molar refractivity (Wildman–Crippen MR) is 58.1 cm³/mol. The van der Waals surface area contributed by atoms with Crippen molar-refractivity contribution in [2.24, 2.45) is 0 Å². The van der Waals surface area contributed by atoms with Crippen molar-refractivity contribution >= 4 is 34.8 Å². The summed E-state index contributed by atoms with van der Waals surface area (Å²) in [6, 6.07) is 6.72. The highest BCUT2D eigenvalue weighted by Crippen LogP contribution is 2.19. The van der Waals surface area contributed by atoms with Crippen LogP contribution in [0, 0.1) is 0 Å². The highest BCUT2D eigenvalue weighted by molar-refractivity contribution is 7.80. The van der Waals surface area contributed by atoms with Crippen LogP contribution in [0.5, 0.6) is 0 Å². The second kappa shape index (κ2) is 3.55. The minimum atomic E-state index is -0.416. The molecule has 0 bridgehead atoms. The highest BCUT2D eigenvalue weighted by Gasteiger charge is 2.28. The van der Waals surface area contributed by atoms with E-state index in [-0.39, 0.29) is 5.91 Å². The molecule has 0 radical (unpaired) electrons. The molecular formula is C9H7ClN2OS. The molecule has 1 unspecified atom stereocenters. The van der Waals surface area contributed by atoms with Crippen molar-refractivity contribution < 1.29 is 4.79 Å². The molecule has 0 spiro atoms. The SMILES string of the molecule is O=C1NC(=S)NC1c1cccc(Cl)c1. The lowest BCUT2D eigenvalue weighted by Gasteiger charge is -2.07. The molecule has 1 aliphatic rings. The molecule has 2 N–H and O–H groups in total. The molecule has 2 rings (SSSR count). The molecule has 1 aromatic rings. The summed E-state index contributed by atoms with van der Waals surface area (Å²) in [5.74, 6) is -0.141. The number of nitrogens with one attached hydrogen (secondary N) is 2. The normalized spacial score (nSPS) is 20.5. The number of hydrogen-bond donors (Lipinski definition) is 2. The van der Waals surface area contributed by atoms with E-state index >= 15 is 0 Å². The number of carbonyl (C=O) groups is 1. The van der Waals surface area contributed by atoms with E-state index in [1.165, 1.54) is 0 Å². The topological polar surface area (TPSA) is 41.1 Å². The molecule has 5 heteroatoms. The van der Waals surface area contributed by atoms with E-state index in [2.05, 4.69) is 10.6 Å². The van der Waals surface area contributed by atoms with Crippen LogP contribution >= 0.6 is 23.8 Å². The van der Waals surface area contributed by atoms with Crippen molar-refractivity contribution in [1.82, 2.24) is 10.6 Å². The second-order valence-corrected chi connectivity index (χ2v) is 3.80. The molecule has 1 atom stereocenters. The van der Waals surface area contributed by atoms with Gasteiger partial charge in [0.2, 0.25) is 0 Å². The maximum atomic E-state index is 11.4. The third-order valence-corrected chi connectivity index (χ3v) is 2.41. The third-order valence-electron chi connectivity index (χ3n) is 1.96. The van der Waals surface area contributed by atoms with Crippen molar-refractivity contribution in [3.63, 3.8) is 0 Å². The first-order valence-electron chi connectivity index (χ1n) is 4.03. The first-order valence-corrected chi connectivity index (χ1v) is 4.82. The van der Waals surface area contributed by atoms with Crippen LogP contribution in [0.2, 0.25) is 5.02 Å². The first kappa shape index (κ1) is 9.43. The fourth-order valence-corrected chi connectivity index (χ4v) is 1.75. The Bertz CT molecular complexity index is 408. The molecule has 1 amide bonds. The van der Waals surface area contributed by atoms with Crippen LogP contribution in [0.4, 0.5) is 0 Å². The molecule has 1 aliphatic heterocycles. The Hall–Kier alpha value is -1.13. The average Bonchev–Trinajstić information content (AvgIpc) is 2.45. The molecule has 72 valence electrons. The van der Waals surface area contributed by atoms with E-state index < -0.39 is 6.04 Å². The first-order chi connectivity index (χ1) is 6.66. The lowest BCUT2D eigenvalue weighted by molar-refractivity contribution is -0.120. The van der Waals surface area contributed by atoms with Gasteiger partial charge in [0.15, 0.2) is 5.11 Å². The number of rotatable bonds is 1. The van der Waals surface area contributed by atoms with Crippen LogP contribution in [0.15, 0.2) is 24.3 Å². The van der Waals surface area contributed by atoms with Gasteiger partial charge < -0.3 is 10.6 Å².